The van der Waals surface area contributed by atoms with Gasteiger partial charge in [0.15, 0.2) is 0 Å². The highest BCUT2D eigenvalue weighted by Crippen LogP contribution is 2.34. The third-order valence-corrected chi connectivity index (χ3v) is 10.6. The van der Waals surface area contributed by atoms with Crippen molar-refractivity contribution in [2.75, 3.05) is 78.7 Å². The lowest BCUT2D eigenvalue weighted by Crippen LogP contribution is -2.44. The predicted molar refractivity (Wildman–Crippen MR) is 181 cm³/mol. The van der Waals surface area contributed by atoms with Crippen molar-refractivity contribution in [3.05, 3.63) is 0 Å². The average molecular weight is 595 g/mol. The molecule has 4 fully saturated rings. The van der Waals surface area contributed by atoms with Crippen LogP contribution in [0.5, 0.6) is 0 Å². The lowest BCUT2D eigenvalue weighted by molar-refractivity contribution is -0.00959. The highest BCUT2D eigenvalue weighted by molar-refractivity contribution is 4.81. The molecule has 42 heavy (non-hydrogen) atoms. The fourth-order valence-corrected chi connectivity index (χ4v) is 7.13. The molecule has 0 aromatic rings. The largest absolute Gasteiger partial charge is 0.377 e. The van der Waals surface area contributed by atoms with E-state index in [1.165, 1.54) is 97.2 Å². The van der Waals surface area contributed by atoms with E-state index in [0.29, 0.717) is 23.7 Å². The molecule has 1 N–H and O–H groups in total. The number of rotatable bonds is 10. The molecule has 4 saturated heterocycles. The Kier molecular flexibility index (Phi) is 18.7. The summed E-state index contributed by atoms with van der Waals surface area (Å²) in [7, 11) is 0. The molecule has 0 aromatic heterocycles. The molecule has 4 aliphatic rings. The van der Waals surface area contributed by atoms with Crippen LogP contribution in [0.1, 0.15) is 114 Å². The van der Waals surface area contributed by atoms with Gasteiger partial charge in [-0.2, -0.15) is 0 Å². The summed E-state index contributed by atoms with van der Waals surface area (Å²) >= 11 is 0. The summed E-state index contributed by atoms with van der Waals surface area (Å²) < 4.78 is 12.2. The SMILES string of the molecule is CC.CC(C)C1CCN(C(C)COC2CCNCC2)CC1.CCN1CCC(OCCN2CCC(C(C)(C)C)CC2)CC1. The molecule has 0 radical (unpaired) electrons. The summed E-state index contributed by atoms with van der Waals surface area (Å²) in [6, 6.07) is 0.586. The van der Waals surface area contributed by atoms with Crippen molar-refractivity contribution in [2.45, 2.75) is 132 Å². The van der Waals surface area contributed by atoms with Crippen LogP contribution in [0, 0.1) is 23.2 Å². The average Bonchev–Trinajstić information content (AvgIpc) is 3.02. The van der Waals surface area contributed by atoms with E-state index in [4.69, 9.17) is 9.47 Å². The van der Waals surface area contributed by atoms with E-state index in [-0.39, 0.29) is 0 Å². The van der Waals surface area contributed by atoms with Gasteiger partial charge in [-0.05, 0) is 127 Å². The van der Waals surface area contributed by atoms with Gasteiger partial charge in [-0.25, -0.2) is 0 Å². The van der Waals surface area contributed by atoms with Crippen LogP contribution in [0.25, 0.3) is 0 Å². The van der Waals surface area contributed by atoms with Crippen molar-refractivity contribution < 1.29 is 9.47 Å². The van der Waals surface area contributed by atoms with Crippen molar-refractivity contribution in [1.29, 1.82) is 0 Å². The smallest absolute Gasteiger partial charge is 0.0622 e. The van der Waals surface area contributed by atoms with E-state index >= 15 is 0 Å². The molecule has 0 amide bonds. The van der Waals surface area contributed by atoms with Gasteiger partial charge in [0.25, 0.3) is 0 Å². The zero-order chi connectivity index (χ0) is 31.0. The molecule has 4 heterocycles. The third-order valence-electron chi connectivity index (χ3n) is 10.6. The maximum absolute atomic E-state index is 6.10. The third kappa shape index (κ3) is 14.2. The van der Waals surface area contributed by atoms with Crippen molar-refractivity contribution in [3.8, 4) is 0 Å². The van der Waals surface area contributed by atoms with E-state index in [1.807, 2.05) is 13.8 Å². The molecule has 0 aliphatic carbocycles. The summed E-state index contributed by atoms with van der Waals surface area (Å²) in [5.74, 6) is 2.69. The number of likely N-dealkylation sites (tertiary alicyclic amines) is 3. The van der Waals surface area contributed by atoms with E-state index < -0.39 is 0 Å². The maximum Gasteiger partial charge on any atom is 0.0622 e. The van der Waals surface area contributed by atoms with Gasteiger partial charge in [0.2, 0.25) is 0 Å². The number of nitrogens with one attached hydrogen (secondary N) is 1. The highest BCUT2D eigenvalue weighted by Gasteiger charge is 2.29. The predicted octanol–water partition coefficient (Wildman–Crippen LogP) is 6.78. The first-order valence-electron chi connectivity index (χ1n) is 18.3. The topological polar surface area (TPSA) is 40.2 Å². The summed E-state index contributed by atoms with van der Waals surface area (Å²) in [6.07, 6.45) is 11.3. The van der Waals surface area contributed by atoms with Gasteiger partial charge in [-0.1, -0.05) is 55.4 Å². The molecule has 1 unspecified atom stereocenters. The van der Waals surface area contributed by atoms with Crippen LogP contribution in [0.15, 0.2) is 0 Å². The fraction of sp³-hybridized carbons (Fsp3) is 1.00. The zero-order valence-corrected chi connectivity index (χ0v) is 29.8. The van der Waals surface area contributed by atoms with Crippen LogP contribution < -0.4 is 5.32 Å². The van der Waals surface area contributed by atoms with E-state index in [1.54, 1.807) is 0 Å². The van der Waals surface area contributed by atoms with Crippen LogP contribution in [0.2, 0.25) is 0 Å². The van der Waals surface area contributed by atoms with Gasteiger partial charge in [-0.15, -0.1) is 0 Å². The normalized spacial score (nSPS) is 24.1. The summed E-state index contributed by atoms with van der Waals surface area (Å²) in [5, 5.41) is 3.39. The van der Waals surface area contributed by atoms with Crippen LogP contribution in [-0.2, 0) is 9.47 Å². The lowest BCUT2D eigenvalue weighted by Gasteiger charge is -2.39. The summed E-state index contributed by atoms with van der Waals surface area (Å²) in [6.45, 7) is 34.4. The fourth-order valence-electron chi connectivity index (χ4n) is 7.13. The minimum atomic E-state index is 0.482. The Labute approximate surface area is 263 Å². The highest BCUT2D eigenvalue weighted by atomic mass is 16.5. The van der Waals surface area contributed by atoms with Crippen molar-refractivity contribution in [3.63, 3.8) is 0 Å². The summed E-state index contributed by atoms with van der Waals surface area (Å²) in [5.41, 5.74) is 0.482. The number of hydrogen-bond donors (Lipinski definition) is 1. The molecule has 0 bridgehead atoms. The summed E-state index contributed by atoms with van der Waals surface area (Å²) in [4.78, 5) is 7.75. The molecule has 1 atom stereocenters. The first kappa shape index (κ1) is 37.9. The lowest BCUT2D eigenvalue weighted by atomic mass is 9.75. The van der Waals surface area contributed by atoms with Crippen LogP contribution >= 0.6 is 0 Å². The molecule has 0 spiro atoms. The molecular formula is C36H74N4O2. The first-order valence-corrected chi connectivity index (χ1v) is 18.3. The Bertz CT molecular complexity index is 639. The van der Waals surface area contributed by atoms with Crippen LogP contribution in [0.4, 0.5) is 0 Å². The minimum absolute atomic E-state index is 0.482. The molecule has 0 aromatic carbocycles. The Morgan fingerprint density at radius 1 is 0.714 bits per heavy atom. The Balaban J connectivity index is 0.000000278. The quantitative estimate of drug-likeness (QED) is 0.301. The number of nitrogens with zero attached hydrogens (tertiary/aromatic N) is 3. The Hall–Kier alpha value is -0.240. The second kappa shape index (κ2) is 20.7. The number of ether oxygens (including phenoxy) is 2. The van der Waals surface area contributed by atoms with E-state index in [0.717, 1.165) is 50.6 Å². The minimum Gasteiger partial charge on any atom is -0.377 e. The van der Waals surface area contributed by atoms with E-state index in [9.17, 15) is 0 Å². The second-order valence-corrected chi connectivity index (χ2v) is 14.7. The van der Waals surface area contributed by atoms with Crippen molar-refractivity contribution in [2.24, 2.45) is 23.2 Å². The Morgan fingerprint density at radius 2 is 1.26 bits per heavy atom. The molecule has 250 valence electrons. The van der Waals surface area contributed by atoms with Gasteiger partial charge >= 0.3 is 0 Å². The van der Waals surface area contributed by atoms with Gasteiger partial charge in [0.1, 0.15) is 0 Å². The van der Waals surface area contributed by atoms with E-state index in [2.05, 4.69) is 68.5 Å². The molecule has 4 rings (SSSR count). The van der Waals surface area contributed by atoms with Gasteiger partial charge in [0.05, 0.1) is 25.4 Å². The maximum atomic E-state index is 6.10. The monoisotopic (exact) mass is 595 g/mol. The standard InChI is InChI=1S/C18H36N2O.C16H32N2O.C2H6/c1-5-19-12-8-17(9-13-19)21-15-14-20-10-6-16(7-11-20)18(2,3)4;1-13(2)15-6-10-18(11-7-15)14(3)12-19-16-4-8-17-9-5-16;1-2/h16-17H,5-15H2,1-4H3;13-17H,4-12H2,1-3H3;1-2H3. The molecule has 6 heteroatoms. The van der Waals surface area contributed by atoms with Crippen LogP contribution in [0.3, 0.4) is 0 Å². The Morgan fingerprint density at radius 3 is 1.79 bits per heavy atom. The first-order chi connectivity index (χ1) is 20.2. The van der Waals surface area contributed by atoms with Gasteiger partial charge in [0, 0.05) is 25.7 Å². The van der Waals surface area contributed by atoms with Crippen molar-refractivity contribution >= 4 is 0 Å². The molecule has 6 nitrogen and oxygen atoms in total. The van der Waals surface area contributed by atoms with Crippen molar-refractivity contribution in [1.82, 2.24) is 20.0 Å². The molecule has 4 aliphatic heterocycles. The molecule has 0 saturated carbocycles. The molecular weight excluding hydrogens is 520 g/mol. The number of piperidine rings is 4. The van der Waals surface area contributed by atoms with Gasteiger partial charge < -0.3 is 24.6 Å². The van der Waals surface area contributed by atoms with Crippen LogP contribution in [-0.4, -0.2) is 112 Å². The van der Waals surface area contributed by atoms with Gasteiger partial charge in [-0.3, -0.25) is 4.90 Å². The second-order valence-electron chi connectivity index (χ2n) is 14.7. The zero-order valence-electron chi connectivity index (χ0n) is 29.8. The number of hydrogen-bond acceptors (Lipinski definition) is 6.